The molecule has 8 nitrogen and oxygen atoms in total. The van der Waals surface area contributed by atoms with Crippen LogP contribution >= 0.6 is 11.3 Å². The summed E-state index contributed by atoms with van der Waals surface area (Å²) < 4.78 is 8.36. The molecule has 36 heavy (non-hydrogen) atoms. The molecule has 0 atom stereocenters. The summed E-state index contributed by atoms with van der Waals surface area (Å²) in [6.45, 7) is 12.8. The molecule has 0 spiro atoms. The third kappa shape index (κ3) is 4.43. The number of amides is 1. The fraction of sp³-hybridized carbons (Fsp3) is 0.407. The fourth-order valence-corrected chi connectivity index (χ4v) is 5.93. The highest BCUT2D eigenvalue weighted by Crippen LogP contribution is 2.40. The van der Waals surface area contributed by atoms with Crippen molar-refractivity contribution in [2.75, 3.05) is 13.1 Å². The molecule has 0 bridgehead atoms. The number of H-pyrrole nitrogens is 1. The minimum Gasteiger partial charge on any atom is -0.444 e. The number of hydrogen-bond acceptors (Lipinski definition) is 6. The summed E-state index contributed by atoms with van der Waals surface area (Å²) in [6.07, 6.45) is 5.58. The van der Waals surface area contributed by atoms with Gasteiger partial charge in [0.25, 0.3) is 0 Å². The number of thiophene rings is 1. The summed E-state index contributed by atoms with van der Waals surface area (Å²) in [6, 6.07) is 4.08. The van der Waals surface area contributed by atoms with E-state index in [4.69, 9.17) is 4.74 Å². The largest absolute Gasteiger partial charge is 0.444 e. The van der Waals surface area contributed by atoms with Crippen molar-refractivity contribution < 1.29 is 14.3 Å². The minimum atomic E-state index is -0.540. The van der Waals surface area contributed by atoms with Crippen LogP contribution in [-0.4, -0.2) is 55.0 Å². The average molecular weight is 506 g/mol. The maximum Gasteiger partial charge on any atom is 0.410 e. The first-order valence-corrected chi connectivity index (χ1v) is 13.0. The summed E-state index contributed by atoms with van der Waals surface area (Å²) >= 11 is 1.53. The quantitative estimate of drug-likeness (QED) is 0.337. The van der Waals surface area contributed by atoms with E-state index in [2.05, 4.69) is 35.0 Å². The van der Waals surface area contributed by atoms with Crippen molar-refractivity contribution in [1.29, 1.82) is 0 Å². The van der Waals surface area contributed by atoms with Gasteiger partial charge in [0.15, 0.2) is 11.4 Å². The molecule has 5 rings (SSSR count). The van der Waals surface area contributed by atoms with E-state index in [0.29, 0.717) is 24.4 Å². The van der Waals surface area contributed by atoms with Crippen LogP contribution in [0.15, 0.2) is 36.3 Å². The number of hydrogen-bond donors (Lipinski definition) is 1. The predicted molar refractivity (Wildman–Crippen MR) is 142 cm³/mol. The molecular formula is C27H31N5O3S. The van der Waals surface area contributed by atoms with Crippen LogP contribution in [0, 0.1) is 6.92 Å². The van der Waals surface area contributed by atoms with Crippen LogP contribution in [0.1, 0.15) is 67.8 Å². The summed E-state index contributed by atoms with van der Waals surface area (Å²) in [5, 5.41) is 4.32. The van der Waals surface area contributed by atoms with E-state index >= 15 is 0 Å². The van der Waals surface area contributed by atoms with Gasteiger partial charge in [-0.1, -0.05) is 19.9 Å². The molecule has 0 radical (unpaired) electrons. The Morgan fingerprint density at radius 2 is 2.00 bits per heavy atom. The Labute approximate surface area is 214 Å². The second-order valence-electron chi connectivity index (χ2n) is 10.6. The second kappa shape index (κ2) is 8.89. The number of Topliss-reactive ketones (excluding diaryl/α,β-unsaturated/α-hetero) is 1. The smallest absolute Gasteiger partial charge is 0.410 e. The van der Waals surface area contributed by atoms with E-state index in [1.807, 2.05) is 46.0 Å². The highest BCUT2D eigenvalue weighted by atomic mass is 32.1. The standard InChI is InChI=1S/C27H31N5O3S/c1-15(2)21-22(18-11-16(3)25-28-14-29-32(25)13-18)30-19-12-20(36-24(19)21)23(33)17-7-9-31(10-8-17)26(34)35-27(4,5)6/h7,11-15,30H,8-10H2,1-6H3. The lowest BCUT2D eigenvalue weighted by atomic mass is 9.99. The van der Waals surface area contributed by atoms with Crippen LogP contribution in [0.25, 0.3) is 27.1 Å². The SMILES string of the molecule is Cc1cc(-c2[nH]c3cc(C(=O)C4=CCN(C(=O)OC(C)(C)C)CC4)sc3c2C(C)C)cn2ncnc12. The van der Waals surface area contributed by atoms with Crippen molar-refractivity contribution in [2.45, 2.75) is 59.5 Å². The highest BCUT2D eigenvalue weighted by Gasteiger charge is 2.27. The number of carbonyl (C=O) groups excluding carboxylic acids is 2. The molecule has 0 unspecified atom stereocenters. The van der Waals surface area contributed by atoms with E-state index in [1.165, 1.54) is 16.9 Å². The molecule has 0 aromatic carbocycles. The Kier molecular flexibility index (Phi) is 5.98. The van der Waals surface area contributed by atoms with Gasteiger partial charge in [-0.25, -0.2) is 14.3 Å². The fourth-order valence-electron chi connectivity index (χ4n) is 4.65. The lowest BCUT2D eigenvalue weighted by Gasteiger charge is -2.29. The van der Waals surface area contributed by atoms with Gasteiger partial charge in [0, 0.05) is 30.4 Å². The normalized spacial score (nSPS) is 14.6. The molecule has 4 aromatic heterocycles. The van der Waals surface area contributed by atoms with Gasteiger partial charge < -0.3 is 14.6 Å². The number of rotatable bonds is 4. The van der Waals surface area contributed by atoms with Crippen LogP contribution < -0.4 is 0 Å². The van der Waals surface area contributed by atoms with E-state index in [1.54, 1.807) is 15.7 Å². The molecule has 0 aliphatic carbocycles. The van der Waals surface area contributed by atoms with Gasteiger partial charge in [-0.15, -0.1) is 11.3 Å². The van der Waals surface area contributed by atoms with E-state index in [-0.39, 0.29) is 17.8 Å². The van der Waals surface area contributed by atoms with Crippen molar-refractivity contribution >= 4 is 39.1 Å². The molecule has 1 aliphatic heterocycles. The van der Waals surface area contributed by atoms with Gasteiger partial charge in [0.2, 0.25) is 0 Å². The van der Waals surface area contributed by atoms with Crippen LogP contribution in [0.5, 0.6) is 0 Å². The van der Waals surface area contributed by atoms with E-state index in [0.717, 1.165) is 38.3 Å². The Morgan fingerprint density at radius 3 is 2.67 bits per heavy atom. The number of ether oxygens (including phenoxy) is 1. The molecule has 4 aromatic rings. The Morgan fingerprint density at radius 1 is 1.22 bits per heavy atom. The maximum absolute atomic E-state index is 13.3. The van der Waals surface area contributed by atoms with Gasteiger partial charge in [-0.2, -0.15) is 5.10 Å². The third-order valence-electron chi connectivity index (χ3n) is 6.31. The Bertz CT molecular complexity index is 1520. The summed E-state index contributed by atoms with van der Waals surface area (Å²) in [7, 11) is 0. The first-order valence-electron chi connectivity index (χ1n) is 12.2. The molecule has 0 saturated carbocycles. The molecular weight excluding hydrogens is 474 g/mol. The number of nitrogens with zero attached hydrogens (tertiary/aromatic N) is 4. The Hall–Kier alpha value is -3.46. The average Bonchev–Trinajstić information content (AvgIpc) is 3.51. The highest BCUT2D eigenvalue weighted by molar-refractivity contribution is 7.21. The molecule has 1 amide bonds. The van der Waals surface area contributed by atoms with Crippen LogP contribution in [0.4, 0.5) is 4.79 Å². The second-order valence-corrected chi connectivity index (χ2v) is 11.6. The molecule has 0 saturated heterocycles. The topological polar surface area (TPSA) is 92.6 Å². The molecule has 1 N–H and O–H groups in total. The number of aryl methyl sites for hydroxylation is 1. The van der Waals surface area contributed by atoms with Gasteiger partial charge >= 0.3 is 6.09 Å². The number of aromatic nitrogens is 4. The number of fused-ring (bicyclic) bond motifs is 2. The van der Waals surface area contributed by atoms with Crippen molar-refractivity contribution in [3.63, 3.8) is 0 Å². The first kappa shape index (κ1) is 24.2. The van der Waals surface area contributed by atoms with Crippen LogP contribution in [-0.2, 0) is 4.74 Å². The van der Waals surface area contributed by atoms with Crippen molar-refractivity contribution in [3.8, 4) is 11.3 Å². The number of nitrogens with one attached hydrogen (secondary N) is 1. The first-order chi connectivity index (χ1) is 17.0. The maximum atomic E-state index is 13.3. The van der Waals surface area contributed by atoms with E-state index < -0.39 is 5.60 Å². The number of pyridine rings is 1. The number of ketones is 1. The number of carbonyl (C=O) groups is 2. The van der Waals surface area contributed by atoms with Gasteiger partial charge in [0.05, 0.1) is 20.8 Å². The third-order valence-corrected chi connectivity index (χ3v) is 7.47. The lowest BCUT2D eigenvalue weighted by molar-refractivity contribution is 0.0264. The van der Waals surface area contributed by atoms with Crippen LogP contribution in [0.2, 0.25) is 0 Å². The van der Waals surface area contributed by atoms with Crippen molar-refractivity contribution in [1.82, 2.24) is 24.5 Å². The Balaban J connectivity index is 1.43. The summed E-state index contributed by atoms with van der Waals surface area (Å²) in [5.41, 5.74) is 6.36. The van der Waals surface area contributed by atoms with Gasteiger partial charge in [-0.05, 0) is 63.3 Å². The lowest BCUT2D eigenvalue weighted by Crippen LogP contribution is -2.39. The summed E-state index contributed by atoms with van der Waals surface area (Å²) in [5.74, 6) is 0.294. The van der Waals surface area contributed by atoms with Crippen LogP contribution in [0.3, 0.4) is 0 Å². The van der Waals surface area contributed by atoms with Gasteiger partial charge in [-0.3, -0.25) is 4.79 Å². The van der Waals surface area contributed by atoms with Crippen molar-refractivity contribution in [3.05, 3.63) is 52.3 Å². The predicted octanol–water partition coefficient (Wildman–Crippen LogP) is 6.12. The van der Waals surface area contributed by atoms with E-state index in [9.17, 15) is 9.59 Å². The summed E-state index contributed by atoms with van der Waals surface area (Å²) in [4.78, 5) is 35.9. The van der Waals surface area contributed by atoms with Gasteiger partial charge in [0.1, 0.15) is 11.9 Å². The number of aromatic amines is 1. The molecule has 5 heterocycles. The molecule has 188 valence electrons. The zero-order valence-electron chi connectivity index (χ0n) is 21.5. The minimum absolute atomic E-state index is 0.0320. The zero-order chi connectivity index (χ0) is 25.8. The molecule has 0 fully saturated rings. The molecule has 1 aliphatic rings. The van der Waals surface area contributed by atoms with Crippen molar-refractivity contribution in [2.24, 2.45) is 0 Å². The zero-order valence-corrected chi connectivity index (χ0v) is 22.3. The monoisotopic (exact) mass is 505 g/mol. The molecule has 9 heteroatoms.